The Bertz CT molecular complexity index is 558. The first kappa shape index (κ1) is 8.55. The lowest BCUT2D eigenvalue weighted by atomic mass is 9.96. The number of hydrogen-bond acceptors (Lipinski definition) is 1. The third-order valence-electron chi connectivity index (χ3n) is 3.28. The summed E-state index contributed by atoms with van der Waals surface area (Å²) in [5.74, 6) is 0. The number of fused-ring (bicyclic) bond motifs is 3. The van der Waals surface area contributed by atoms with Crippen molar-refractivity contribution in [3.63, 3.8) is 0 Å². The maximum atomic E-state index is 9.19. The van der Waals surface area contributed by atoms with E-state index in [0.717, 1.165) is 18.4 Å². The smallest absolute Gasteiger partial charge is 0.189 e. The molecule has 0 spiro atoms. The van der Waals surface area contributed by atoms with E-state index in [4.69, 9.17) is 0 Å². The van der Waals surface area contributed by atoms with Crippen LogP contribution < -0.4 is 0 Å². The Balaban J connectivity index is 2.44. The predicted molar refractivity (Wildman–Crippen MR) is 59.6 cm³/mol. The number of benzene rings is 1. The lowest BCUT2D eigenvalue weighted by molar-refractivity contribution is 0.668. The molecule has 15 heavy (non-hydrogen) atoms. The SMILES string of the molecule is N#Cn1c2c(c3ccccc31)CCCC2. The highest BCUT2D eigenvalue weighted by atomic mass is 15.0. The number of aromatic nitrogens is 1. The summed E-state index contributed by atoms with van der Waals surface area (Å²) in [5.41, 5.74) is 3.72. The second-order valence-electron chi connectivity index (χ2n) is 4.08. The van der Waals surface area contributed by atoms with Gasteiger partial charge in [0.1, 0.15) is 0 Å². The van der Waals surface area contributed by atoms with Gasteiger partial charge in [0, 0.05) is 11.1 Å². The molecule has 1 heterocycles. The average molecular weight is 196 g/mol. The van der Waals surface area contributed by atoms with E-state index in [-0.39, 0.29) is 0 Å². The summed E-state index contributed by atoms with van der Waals surface area (Å²) in [6, 6.07) is 8.23. The molecule has 1 aliphatic rings. The van der Waals surface area contributed by atoms with Crippen LogP contribution in [0.4, 0.5) is 0 Å². The second kappa shape index (κ2) is 3.13. The summed E-state index contributed by atoms with van der Waals surface area (Å²) in [5, 5.41) is 10.5. The van der Waals surface area contributed by atoms with Crippen molar-refractivity contribution in [2.24, 2.45) is 0 Å². The summed E-state index contributed by atoms with van der Waals surface area (Å²) >= 11 is 0. The van der Waals surface area contributed by atoms with Gasteiger partial charge >= 0.3 is 0 Å². The van der Waals surface area contributed by atoms with E-state index in [9.17, 15) is 5.26 Å². The highest BCUT2D eigenvalue weighted by Crippen LogP contribution is 2.31. The van der Waals surface area contributed by atoms with Gasteiger partial charge in [0.2, 0.25) is 0 Å². The number of nitrogens with zero attached hydrogens (tertiary/aromatic N) is 2. The molecule has 0 radical (unpaired) electrons. The molecule has 0 saturated heterocycles. The van der Waals surface area contributed by atoms with E-state index in [1.54, 1.807) is 0 Å². The van der Waals surface area contributed by atoms with Gasteiger partial charge in [-0.15, -0.1) is 0 Å². The van der Waals surface area contributed by atoms with Gasteiger partial charge in [0.15, 0.2) is 6.19 Å². The zero-order valence-corrected chi connectivity index (χ0v) is 8.53. The van der Waals surface area contributed by atoms with Crippen molar-refractivity contribution in [3.8, 4) is 6.19 Å². The molecule has 2 heteroatoms. The molecule has 0 N–H and O–H groups in total. The van der Waals surface area contributed by atoms with Crippen LogP contribution in [0.5, 0.6) is 0 Å². The molecule has 74 valence electrons. The van der Waals surface area contributed by atoms with Crippen molar-refractivity contribution in [1.82, 2.24) is 4.57 Å². The first-order valence-corrected chi connectivity index (χ1v) is 5.43. The van der Waals surface area contributed by atoms with Crippen molar-refractivity contribution in [3.05, 3.63) is 35.5 Å². The van der Waals surface area contributed by atoms with Crippen LogP contribution >= 0.6 is 0 Å². The number of para-hydroxylation sites is 1. The van der Waals surface area contributed by atoms with E-state index < -0.39 is 0 Å². The summed E-state index contributed by atoms with van der Waals surface area (Å²) in [4.78, 5) is 0. The van der Waals surface area contributed by atoms with Gasteiger partial charge in [-0.1, -0.05) is 18.2 Å². The van der Waals surface area contributed by atoms with Crippen molar-refractivity contribution < 1.29 is 0 Å². The Kier molecular flexibility index (Phi) is 1.78. The van der Waals surface area contributed by atoms with Gasteiger partial charge in [-0.05, 0) is 37.3 Å². The first-order chi connectivity index (χ1) is 7.42. The molecule has 2 aromatic rings. The topological polar surface area (TPSA) is 28.7 Å². The molecule has 1 aromatic heterocycles. The van der Waals surface area contributed by atoms with Crippen LogP contribution in [-0.2, 0) is 12.8 Å². The Morgan fingerprint density at radius 1 is 1.13 bits per heavy atom. The fourth-order valence-electron chi connectivity index (χ4n) is 2.61. The number of hydrogen-bond donors (Lipinski definition) is 0. The average Bonchev–Trinajstić information content (AvgIpc) is 2.63. The lowest BCUT2D eigenvalue weighted by Crippen LogP contribution is -2.04. The monoisotopic (exact) mass is 196 g/mol. The molecule has 0 atom stereocenters. The molecule has 1 aromatic carbocycles. The van der Waals surface area contributed by atoms with Gasteiger partial charge in [-0.25, -0.2) is 0 Å². The fourth-order valence-corrected chi connectivity index (χ4v) is 2.61. The van der Waals surface area contributed by atoms with Crippen LogP contribution in [0.2, 0.25) is 0 Å². The third kappa shape index (κ3) is 1.10. The van der Waals surface area contributed by atoms with E-state index in [2.05, 4.69) is 18.3 Å². The van der Waals surface area contributed by atoms with Gasteiger partial charge < -0.3 is 0 Å². The van der Waals surface area contributed by atoms with E-state index in [0.29, 0.717) is 0 Å². The van der Waals surface area contributed by atoms with Crippen molar-refractivity contribution in [2.75, 3.05) is 0 Å². The molecule has 3 rings (SSSR count). The first-order valence-electron chi connectivity index (χ1n) is 5.43. The van der Waals surface area contributed by atoms with E-state index in [1.807, 2.05) is 16.7 Å². The minimum atomic E-state index is 1.05. The molecule has 0 aliphatic heterocycles. The van der Waals surface area contributed by atoms with E-state index in [1.165, 1.54) is 29.5 Å². The maximum absolute atomic E-state index is 9.19. The number of aryl methyl sites for hydroxylation is 1. The molecule has 1 aliphatic carbocycles. The molecule has 2 nitrogen and oxygen atoms in total. The fraction of sp³-hybridized carbons (Fsp3) is 0.308. The molecule has 0 unspecified atom stereocenters. The zero-order valence-electron chi connectivity index (χ0n) is 8.53. The molecule has 0 bridgehead atoms. The molecular formula is C13H12N2. The Morgan fingerprint density at radius 2 is 1.93 bits per heavy atom. The van der Waals surface area contributed by atoms with Gasteiger partial charge in [-0.2, -0.15) is 5.26 Å². The van der Waals surface area contributed by atoms with Crippen LogP contribution in [0.3, 0.4) is 0 Å². The van der Waals surface area contributed by atoms with Gasteiger partial charge in [-0.3, -0.25) is 4.57 Å². The van der Waals surface area contributed by atoms with E-state index >= 15 is 0 Å². The second-order valence-corrected chi connectivity index (χ2v) is 4.08. The third-order valence-corrected chi connectivity index (χ3v) is 3.28. The van der Waals surface area contributed by atoms with Crippen LogP contribution in [0.15, 0.2) is 24.3 Å². The van der Waals surface area contributed by atoms with Crippen molar-refractivity contribution >= 4 is 10.9 Å². The Labute approximate surface area is 88.7 Å². The summed E-state index contributed by atoms with van der Waals surface area (Å²) in [6.45, 7) is 0. The molecule has 0 amide bonds. The largest absolute Gasteiger partial charge is 0.251 e. The lowest BCUT2D eigenvalue weighted by Gasteiger charge is -2.11. The number of rotatable bonds is 0. The van der Waals surface area contributed by atoms with Crippen LogP contribution in [0.1, 0.15) is 24.1 Å². The standard InChI is InChI=1S/C13H12N2/c14-9-15-12-7-3-1-5-10(12)11-6-2-4-8-13(11)15/h1,3,5,7H,2,4,6,8H2. The summed E-state index contributed by atoms with van der Waals surface area (Å²) < 4.78 is 1.81. The van der Waals surface area contributed by atoms with Crippen LogP contribution in [0, 0.1) is 11.5 Å². The number of nitriles is 1. The van der Waals surface area contributed by atoms with Crippen molar-refractivity contribution in [1.29, 1.82) is 5.26 Å². The molecular weight excluding hydrogens is 184 g/mol. The van der Waals surface area contributed by atoms with Gasteiger partial charge in [0.25, 0.3) is 0 Å². The predicted octanol–water partition coefficient (Wildman–Crippen LogP) is 2.85. The summed E-state index contributed by atoms with van der Waals surface area (Å²) in [7, 11) is 0. The van der Waals surface area contributed by atoms with Crippen LogP contribution in [-0.4, -0.2) is 4.57 Å². The van der Waals surface area contributed by atoms with Crippen molar-refractivity contribution in [2.45, 2.75) is 25.7 Å². The highest BCUT2D eigenvalue weighted by molar-refractivity contribution is 5.86. The Hall–Kier alpha value is -1.75. The molecule has 0 saturated carbocycles. The van der Waals surface area contributed by atoms with Crippen LogP contribution in [0.25, 0.3) is 10.9 Å². The normalized spacial score (nSPS) is 14.9. The minimum Gasteiger partial charge on any atom is -0.251 e. The quantitative estimate of drug-likeness (QED) is 0.637. The van der Waals surface area contributed by atoms with Gasteiger partial charge in [0.05, 0.1) is 5.52 Å². The summed E-state index contributed by atoms with van der Waals surface area (Å²) in [6.07, 6.45) is 6.95. The minimum absolute atomic E-state index is 1.05. The zero-order chi connectivity index (χ0) is 10.3. The Morgan fingerprint density at radius 3 is 2.80 bits per heavy atom. The molecule has 0 fully saturated rings. The highest BCUT2D eigenvalue weighted by Gasteiger charge is 2.19. The maximum Gasteiger partial charge on any atom is 0.189 e.